The molecule has 0 bridgehead atoms. The molecule has 0 heterocycles. The maximum Gasteiger partial charge on any atom is 0.335 e. The number of carboxylic acid groups (broad SMARTS) is 1. The highest BCUT2D eigenvalue weighted by atomic mass is 79.9. The molecule has 0 unspecified atom stereocenters. The molecule has 0 aromatic heterocycles. The average molecular weight is 523 g/mol. The summed E-state index contributed by atoms with van der Waals surface area (Å²) in [6.45, 7) is 4.84. The van der Waals surface area contributed by atoms with E-state index >= 15 is 0 Å². The molecule has 0 radical (unpaired) electrons. The number of rotatable bonds is 9. The van der Waals surface area contributed by atoms with Crippen molar-refractivity contribution in [3.63, 3.8) is 0 Å². The number of carbonyl (C=O) groups is 1. The predicted octanol–water partition coefficient (Wildman–Crippen LogP) is 6.84. The van der Waals surface area contributed by atoms with Crippen molar-refractivity contribution in [2.24, 2.45) is 0 Å². The van der Waals surface area contributed by atoms with Crippen molar-refractivity contribution >= 4 is 39.2 Å². The van der Waals surface area contributed by atoms with Crippen LogP contribution in [0.2, 0.25) is 5.02 Å². The van der Waals surface area contributed by atoms with Crippen LogP contribution in [-0.2, 0) is 13.2 Å². The van der Waals surface area contributed by atoms with E-state index in [0.717, 1.165) is 16.8 Å². The van der Waals surface area contributed by atoms with Crippen LogP contribution in [0.5, 0.6) is 11.5 Å². The molecule has 2 N–H and O–H groups in total. The lowest BCUT2D eigenvalue weighted by molar-refractivity contribution is 0.0697. The summed E-state index contributed by atoms with van der Waals surface area (Å²) in [7, 11) is 0. The summed E-state index contributed by atoms with van der Waals surface area (Å²) in [5.74, 6) is -0.269. The van der Waals surface area contributed by atoms with E-state index in [1.54, 1.807) is 24.3 Å². The van der Waals surface area contributed by atoms with Gasteiger partial charge in [0.25, 0.3) is 0 Å². The van der Waals surface area contributed by atoms with Crippen LogP contribution in [-0.4, -0.2) is 17.7 Å². The molecule has 5 nitrogen and oxygen atoms in total. The normalized spacial score (nSPS) is 10.7. The first kappa shape index (κ1) is 23.9. The van der Waals surface area contributed by atoms with Crippen molar-refractivity contribution < 1.29 is 23.8 Å². The number of carboxylic acids is 1. The van der Waals surface area contributed by atoms with E-state index in [1.165, 1.54) is 12.1 Å². The van der Waals surface area contributed by atoms with Gasteiger partial charge in [0.1, 0.15) is 12.4 Å². The minimum absolute atomic E-state index is 0.157. The molecular weight excluding hydrogens is 501 g/mol. The lowest BCUT2D eigenvalue weighted by Gasteiger charge is -2.17. The maximum atomic E-state index is 13.3. The van der Waals surface area contributed by atoms with Crippen molar-refractivity contribution in [3.05, 3.63) is 86.1 Å². The van der Waals surface area contributed by atoms with Gasteiger partial charge in [0, 0.05) is 17.8 Å². The highest BCUT2D eigenvalue weighted by molar-refractivity contribution is 9.10. The fourth-order valence-electron chi connectivity index (χ4n) is 3.11. The molecule has 8 heteroatoms. The van der Waals surface area contributed by atoms with E-state index in [9.17, 15) is 9.18 Å². The average Bonchev–Trinajstić information content (AvgIpc) is 2.73. The Kier molecular flexibility index (Phi) is 7.99. The van der Waals surface area contributed by atoms with E-state index in [4.69, 9.17) is 26.2 Å². The molecule has 168 valence electrons. The summed E-state index contributed by atoms with van der Waals surface area (Å²) >= 11 is 9.64. The third kappa shape index (κ3) is 5.93. The van der Waals surface area contributed by atoms with Crippen LogP contribution >= 0.6 is 27.5 Å². The monoisotopic (exact) mass is 521 g/mol. The van der Waals surface area contributed by atoms with Crippen LogP contribution in [0, 0.1) is 12.7 Å². The summed E-state index contributed by atoms with van der Waals surface area (Å²) < 4.78 is 25.7. The number of ether oxygens (including phenoxy) is 2. The lowest BCUT2D eigenvalue weighted by Crippen LogP contribution is -2.05. The van der Waals surface area contributed by atoms with E-state index in [0.29, 0.717) is 39.7 Å². The third-order valence-electron chi connectivity index (χ3n) is 4.71. The van der Waals surface area contributed by atoms with Gasteiger partial charge in [-0.15, -0.1) is 0 Å². The molecule has 3 aromatic carbocycles. The molecule has 32 heavy (non-hydrogen) atoms. The van der Waals surface area contributed by atoms with Gasteiger partial charge in [-0.05, 0) is 83.4 Å². The molecule has 0 saturated heterocycles. The number of nitrogens with one attached hydrogen (secondary N) is 1. The largest absolute Gasteiger partial charge is 0.490 e. The van der Waals surface area contributed by atoms with Crippen molar-refractivity contribution in [1.29, 1.82) is 0 Å². The van der Waals surface area contributed by atoms with Crippen LogP contribution in [0.15, 0.2) is 53.0 Å². The fourth-order valence-corrected chi connectivity index (χ4v) is 3.93. The van der Waals surface area contributed by atoms with E-state index in [2.05, 4.69) is 21.2 Å². The van der Waals surface area contributed by atoms with Gasteiger partial charge in [0.05, 0.1) is 21.7 Å². The van der Waals surface area contributed by atoms with E-state index in [-0.39, 0.29) is 12.2 Å². The van der Waals surface area contributed by atoms with Gasteiger partial charge in [-0.2, -0.15) is 0 Å². The van der Waals surface area contributed by atoms with E-state index in [1.807, 2.05) is 26.0 Å². The van der Waals surface area contributed by atoms with Gasteiger partial charge < -0.3 is 19.9 Å². The molecule has 0 saturated carbocycles. The number of benzene rings is 3. The number of anilines is 1. The lowest BCUT2D eigenvalue weighted by atomic mass is 10.1. The first-order chi connectivity index (χ1) is 15.3. The Morgan fingerprint density at radius 3 is 2.59 bits per heavy atom. The van der Waals surface area contributed by atoms with Crippen LogP contribution in [0.25, 0.3) is 0 Å². The van der Waals surface area contributed by atoms with E-state index < -0.39 is 11.8 Å². The first-order valence-electron chi connectivity index (χ1n) is 9.88. The first-order valence-corrected chi connectivity index (χ1v) is 11.0. The summed E-state index contributed by atoms with van der Waals surface area (Å²) in [6.07, 6.45) is 0. The molecule has 0 atom stereocenters. The Morgan fingerprint density at radius 1 is 1.16 bits per heavy atom. The molecule has 0 aliphatic heterocycles. The van der Waals surface area contributed by atoms with Crippen LogP contribution in [0.3, 0.4) is 0 Å². The van der Waals surface area contributed by atoms with Crippen LogP contribution < -0.4 is 14.8 Å². The fraction of sp³-hybridized carbons (Fsp3) is 0.208. The minimum Gasteiger partial charge on any atom is -0.490 e. The smallest absolute Gasteiger partial charge is 0.335 e. The van der Waals surface area contributed by atoms with Crippen molar-refractivity contribution in [1.82, 2.24) is 0 Å². The van der Waals surface area contributed by atoms with Gasteiger partial charge in [0.15, 0.2) is 11.5 Å². The number of aryl methyl sites for hydroxylation is 1. The van der Waals surface area contributed by atoms with Gasteiger partial charge in [-0.1, -0.05) is 17.7 Å². The van der Waals surface area contributed by atoms with Gasteiger partial charge in [-0.25, -0.2) is 9.18 Å². The number of halogens is 3. The maximum absolute atomic E-state index is 13.3. The molecule has 0 aliphatic rings. The summed E-state index contributed by atoms with van der Waals surface area (Å²) in [5.41, 5.74) is 3.53. The Bertz CT molecular complexity index is 1140. The van der Waals surface area contributed by atoms with Crippen LogP contribution in [0.4, 0.5) is 10.1 Å². The SMILES string of the molecule is CCOc1cc(CNc2ccc(C(=O)O)cc2C)cc(Br)c1OCc1ccc(F)cc1Cl. The predicted molar refractivity (Wildman–Crippen MR) is 127 cm³/mol. The molecule has 0 amide bonds. The summed E-state index contributed by atoms with van der Waals surface area (Å²) in [4.78, 5) is 11.1. The molecule has 0 aliphatic carbocycles. The van der Waals surface area contributed by atoms with Gasteiger partial charge in [0.2, 0.25) is 0 Å². The second-order valence-corrected chi connectivity index (χ2v) is 8.31. The standard InChI is InChI=1S/C24H22BrClFNO4/c1-3-31-22-10-15(12-28-21-7-5-16(24(29)30)8-14(21)2)9-19(25)23(22)32-13-17-4-6-18(27)11-20(17)26/h4-11,28H,3,12-13H2,1-2H3,(H,29,30). The number of hydrogen-bond acceptors (Lipinski definition) is 4. The van der Waals surface area contributed by atoms with Crippen molar-refractivity contribution in [3.8, 4) is 11.5 Å². The Morgan fingerprint density at radius 2 is 1.94 bits per heavy atom. The molecule has 3 aromatic rings. The zero-order chi connectivity index (χ0) is 23.3. The summed E-state index contributed by atoms with van der Waals surface area (Å²) in [6, 6.07) is 12.9. The third-order valence-corrected chi connectivity index (χ3v) is 5.65. The molecule has 3 rings (SSSR count). The zero-order valence-electron chi connectivity index (χ0n) is 17.5. The highest BCUT2D eigenvalue weighted by Gasteiger charge is 2.14. The highest BCUT2D eigenvalue weighted by Crippen LogP contribution is 2.38. The van der Waals surface area contributed by atoms with Crippen LogP contribution in [0.1, 0.15) is 34.0 Å². The summed E-state index contributed by atoms with van der Waals surface area (Å²) in [5, 5.41) is 12.7. The quantitative estimate of drug-likeness (QED) is 0.322. The Hall–Kier alpha value is -2.77. The van der Waals surface area contributed by atoms with Gasteiger partial charge in [-0.3, -0.25) is 0 Å². The molecule has 0 fully saturated rings. The van der Waals surface area contributed by atoms with Crippen molar-refractivity contribution in [2.45, 2.75) is 27.0 Å². The Labute approximate surface area is 199 Å². The second-order valence-electron chi connectivity index (χ2n) is 7.05. The zero-order valence-corrected chi connectivity index (χ0v) is 19.9. The Balaban J connectivity index is 1.76. The number of hydrogen-bond donors (Lipinski definition) is 2. The molecular formula is C24H22BrClFNO4. The minimum atomic E-state index is -0.956. The van der Waals surface area contributed by atoms with Crippen molar-refractivity contribution in [2.75, 3.05) is 11.9 Å². The number of aromatic carboxylic acids is 1. The topological polar surface area (TPSA) is 67.8 Å². The second kappa shape index (κ2) is 10.7. The molecule has 0 spiro atoms. The van der Waals surface area contributed by atoms with Gasteiger partial charge >= 0.3 is 5.97 Å².